The van der Waals surface area contributed by atoms with Gasteiger partial charge in [-0.15, -0.1) is 0 Å². The standard InChI is InChI=1S/C22H26N4O4/c1-15(2)22(28)25-12-10-24(11-13-25)19-7-5-4-6-18(19)23-21(27)17-9-8-16(3)20(14-17)26(29)30/h4-9,14-15H,10-13H2,1-3H3,(H,23,27). The van der Waals surface area contributed by atoms with Crippen LogP contribution in [0.2, 0.25) is 0 Å². The maximum absolute atomic E-state index is 12.7. The lowest BCUT2D eigenvalue weighted by molar-refractivity contribution is -0.385. The van der Waals surface area contributed by atoms with Crippen LogP contribution in [0.15, 0.2) is 42.5 Å². The van der Waals surface area contributed by atoms with Crippen molar-refractivity contribution < 1.29 is 14.5 Å². The number of nitrogens with one attached hydrogen (secondary N) is 1. The molecule has 1 aliphatic rings. The summed E-state index contributed by atoms with van der Waals surface area (Å²) in [5, 5.41) is 14.0. The summed E-state index contributed by atoms with van der Waals surface area (Å²) >= 11 is 0. The number of hydrogen-bond acceptors (Lipinski definition) is 5. The Hall–Kier alpha value is -3.42. The number of benzene rings is 2. The van der Waals surface area contributed by atoms with Gasteiger partial charge in [0.15, 0.2) is 0 Å². The van der Waals surface area contributed by atoms with Crippen LogP contribution in [0.5, 0.6) is 0 Å². The molecule has 2 amide bonds. The molecule has 3 rings (SSSR count). The first-order chi connectivity index (χ1) is 14.3. The Morgan fingerprint density at radius 3 is 2.37 bits per heavy atom. The van der Waals surface area contributed by atoms with Crippen molar-refractivity contribution in [3.63, 3.8) is 0 Å². The van der Waals surface area contributed by atoms with E-state index in [4.69, 9.17) is 0 Å². The number of para-hydroxylation sites is 2. The van der Waals surface area contributed by atoms with E-state index in [9.17, 15) is 19.7 Å². The topological polar surface area (TPSA) is 95.8 Å². The summed E-state index contributed by atoms with van der Waals surface area (Å²) < 4.78 is 0. The van der Waals surface area contributed by atoms with Gasteiger partial charge >= 0.3 is 0 Å². The number of nitro groups is 1. The summed E-state index contributed by atoms with van der Waals surface area (Å²) in [5.41, 5.74) is 2.15. The summed E-state index contributed by atoms with van der Waals surface area (Å²) in [6, 6.07) is 11.9. The van der Waals surface area contributed by atoms with E-state index in [1.807, 2.05) is 43.0 Å². The van der Waals surface area contributed by atoms with Gasteiger partial charge < -0.3 is 15.1 Å². The van der Waals surface area contributed by atoms with Crippen molar-refractivity contribution in [1.29, 1.82) is 0 Å². The summed E-state index contributed by atoms with van der Waals surface area (Å²) in [7, 11) is 0. The smallest absolute Gasteiger partial charge is 0.273 e. The van der Waals surface area contributed by atoms with E-state index in [1.54, 1.807) is 19.1 Å². The Labute approximate surface area is 175 Å². The van der Waals surface area contributed by atoms with E-state index in [0.29, 0.717) is 37.4 Å². The Balaban J connectivity index is 1.75. The monoisotopic (exact) mass is 410 g/mol. The SMILES string of the molecule is Cc1ccc(C(=O)Nc2ccccc2N2CCN(C(=O)C(C)C)CC2)cc1[N+](=O)[O-]. The molecule has 1 aliphatic heterocycles. The van der Waals surface area contributed by atoms with E-state index in [0.717, 1.165) is 5.69 Å². The molecule has 0 bridgehead atoms. The number of rotatable bonds is 5. The maximum atomic E-state index is 12.7. The molecule has 0 atom stereocenters. The van der Waals surface area contributed by atoms with Crippen molar-refractivity contribution in [2.75, 3.05) is 36.4 Å². The summed E-state index contributed by atoms with van der Waals surface area (Å²) in [6.45, 7) is 8.03. The van der Waals surface area contributed by atoms with E-state index >= 15 is 0 Å². The highest BCUT2D eigenvalue weighted by Gasteiger charge is 2.24. The summed E-state index contributed by atoms with van der Waals surface area (Å²) in [5.74, 6) is -0.280. The molecule has 1 fully saturated rings. The summed E-state index contributed by atoms with van der Waals surface area (Å²) in [6.07, 6.45) is 0. The first-order valence-electron chi connectivity index (χ1n) is 9.97. The Bertz CT molecular complexity index is 965. The quantitative estimate of drug-likeness (QED) is 0.602. The van der Waals surface area contributed by atoms with Gasteiger partial charge in [-0.05, 0) is 25.1 Å². The van der Waals surface area contributed by atoms with E-state index in [-0.39, 0.29) is 23.1 Å². The average molecular weight is 410 g/mol. The molecule has 1 N–H and O–H groups in total. The molecule has 30 heavy (non-hydrogen) atoms. The minimum absolute atomic E-state index is 0.0262. The predicted octanol–water partition coefficient (Wildman–Crippen LogP) is 3.46. The van der Waals surface area contributed by atoms with Crippen LogP contribution in [0.25, 0.3) is 0 Å². The van der Waals surface area contributed by atoms with Gasteiger partial charge in [0.25, 0.3) is 11.6 Å². The third-order valence-electron chi connectivity index (χ3n) is 5.25. The van der Waals surface area contributed by atoms with Crippen molar-refractivity contribution >= 4 is 28.9 Å². The minimum atomic E-state index is -0.488. The fourth-order valence-electron chi connectivity index (χ4n) is 3.53. The van der Waals surface area contributed by atoms with Gasteiger partial charge in [-0.2, -0.15) is 0 Å². The number of piperazine rings is 1. The predicted molar refractivity (Wildman–Crippen MR) is 116 cm³/mol. The molecule has 2 aromatic rings. The first-order valence-corrected chi connectivity index (χ1v) is 9.97. The number of amides is 2. The highest BCUT2D eigenvalue weighted by atomic mass is 16.6. The third-order valence-corrected chi connectivity index (χ3v) is 5.25. The Morgan fingerprint density at radius 2 is 1.73 bits per heavy atom. The fourth-order valence-corrected chi connectivity index (χ4v) is 3.53. The van der Waals surface area contributed by atoms with Gasteiger partial charge in [0, 0.05) is 49.3 Å². The van der Waals surface area contributed by atoms with Crippen LogP contribution in [0.1, 0.15) is 29.8 Å². The normalized spacial score (nSPS) is 14.0. The molecule has 158 valence electrons. The number of anilines is 2. The molecule has 0 radical (unpaired) electrons. The van der Waals surface area contributed by atoms with Gasteiger partial charge in [0.1, 0.15) is 0 Å². The largest absolute Gasteiger partial charge is 0.366 e. The number of carbonyl (C=O) groups excluding carboxylic acids is 2. The third kappa shape index (κ3) is 4.59. The van der Waals surface area contributed by atoms with Crippen molar-refractivity contribution in [1.82, 2.24) is 4.90 Å². The van der Waals surface area contributed by atoms with Crippen LogP contribution in [0.3, 0.4) is 0 Å². The zero-order valence-corrected chi connectivity index (χ0v) is 17.4. The minimum Gasteiger partial charge on any atom is -0.366 e. The Morgan fingerprint density at radius 1 is 1.07 bits per heavy atom. The van der Waals surface area contributed by atoms with Gasteiger partial charge in [-0.1, -0.05) is 32.0 Å². The van der Waals surface area contributed by atoms with Gasteiger partial charge in [0.05, 0.1) is 16.3 Å². The molecular formula is C22H26N4O4. The highest BCUT2D eigenvalue weighted by molar-refractivity contribution is 6.06. The molecule has 8 nitrogen and oxygen atoms in total. The number of carbonyl (C=O) groups is 2. The molecule has 0 unspecified atom stereocenters. The van der Waals surface area contributed by atoms with E-state index < -0.39 is 10.8 Å². The van der Waals surface area contributed by atoms with Crippen molar-refractivity contribution in [2.45, 2.75) is 20.8 Å². The van der Waals surface area contributed by atoms with Gasteiger partial charge in [-0.3, -0.25) is 19.7 Å². The second kappa shape index (κ2) is 8.94. The number of aryl methyl sites for hydroxylation is 1. The number of nitrogens with zero attached hydrogens (tertiary/aromatic N) is 3. The van der Waals surface area contributed by atoms with Crippen LogP contribution < -0.4 is 10.2 Å². The van der Waals surface area contributed by atoms with Gasteiger partial charge in [-0.25, -0.2) is 0 Å². The van der Waals surface area contributed by atoms with Crippen LogP contribution in [-0.2, 0) is 4.79 Å². The molecule has 1 saturated heterocycles. The second-order valence-corrected chi connectivity index (χ2v) is 7.70. The highest BCUT2D eigenvalue weighted by Crippen LogP contribution is 2.28. The van der Waals surface area contributed by atoms with E-state index in [1.165, 1.54) is 6.07 Å². The maximum Gasteiger partial charge on any atom is 0.273 e. The Kier molecular flexibility index (Phi) is 6.34. The lowest BCUT2D eigenvalue weighted by Gasteiger charge is -2.37. The number of nitro benzene ring substituents is 1. The summed E-state index contributed by atoms with van der Waals surface area (Å²) in [4.78, 5) is 39.6. The second-order valence-electron chi connectivity index (χ2n) is 7.70. The molecule has 8 heteroatoms. The average Bonchev–Trinajstić information content (AvgIpc) is 2.73. The lowest BCUT2D eigenvalue weighted by atomic mass is 10.1. The lowest BCUT2D eigenvalue weighted by Crippen LogP contribution is -2.50. The molecule has 0 aromatic heterocycles. The van der Waals surface area contributed by atoms with Gasteiger partial charge in [0.2, 0.25) is 5.91 Å². The van der Waals surface area contributed by atoms with Crippen LogP contribution in [-0.4, -0.2) is 47.8 Å². The molecule has 0 spiro atoms. The molecule has 0 aliphatic carbocycles. The van der Waals surface area contributed by atoms with Crippen molar-refractivity contribution in [3.05, 3.63) is 63.7 Å². The molecule has 0 saturated carbocycles. The van der Waals surface area contributed by atoms with Crippen molar-refractivity contribution in [2.24, 2.45) is 5.92 Å². The van der Waals surface area contributed by atoms with Crippen LogP contribution in [0, 0.1) is 23.0 Å². The van der Waals surface area contributed by atoms with Crippen LogP contribution >= 0.6 is 0 Å². The fraction of sp³-hybridized carbons (Fsp3) is 0.364. The molecule has 1 heterocycles. The van der Waals surface area contributed by atoms with Crippen LogP contribution in [0.4, 0.5) is 17.1 Å². The zero-order chi connectivity index (χ0) is 21.8. The number of hydrogen-bond donors (Lipinski definition) is 1. The van der Waals surface area contributed by atoms with E-state index in [2.05, 4.69) is 10.2 Å². The first kappa shape index (κ1) is 21.3. The molecule has 2 aromatic carbocycles. The molecular weight excluding hydrogens is 384 g/mol. The van der Waals surface area contributed by atoms with Crippen molar-refractivity contribution in [3.8, 4) is 0 Å². The zero-order valence-electron chi connectivity index (χ0n) is 17.4.